The summed E-state index contributed by atoms with van der Waals surface area (Å²) in [7, 11) is 0. The standard InChI is InChI=1S/C24H38N4O/c1-17(2)22-25-13-20(14-26-22)19-7-11-27(12-8-19)21-5-9-24(10-6-21)15-28(16-24)23(29)18(3)4/h13-14,17-19,21H,5-12,15-16H2,1-4H3. The van der Waals surface area contributed by atoms with E-state index in [1.807, 2.05) is 13.8 Å². The van der Waals surface area contributed by atoms with E-state index in [4.69, 9.17) is 0 Å². The summed E-state index contributed by atoms with van der Waals surface area (Å²) in [5.41, 5.74) is 1.76. The lowest BCUT2D eigenvalue weighted by molar-refractivity contribution is -0.150. The zero-order chi connectivity index (χ0) is 20.6. The minimum atomic E-state index is 0.136. The number of carbonyl (C=O) groups is 1. The lowest BCUT2D eigenvalue weighted by Crippen LogP contribution is -2.61. The molecular weight excluding hydrogens is 360 g/mol. The van der Waals surface area contributed by atoms with Crippen molar-refractivity contribution in [3.63, 3.8) is 0 Å². The number of amides is 1. The molecule has 1 saturated carbocycles. The lowest BCUT2D eigenvalue weighted by atomic mass is 9.67. The molecule has 0 aromatic carbocycles. The molecule has 1 aromatic rings. The Morgan fingerprint density at radius 1 is 1.00 bits per heavy atom. The van der Waals surface area contributed by atoms with E-state index in [0.717, 1.165) is 25.0 Å². The van der Waals surface area contributed by atoms with Crippen LogP contribution in [0.15, 0.2) is 12.4 Å². The van der Waals surface area contributed by atoms with Gasteiger partial charge in [0.15, 0.2) is 0 Å². The molecule has 0 N–H and O–H groups in total. The summed E-state index contributed by atoms with van der Waals surface area (Å²) in [5, 5.41) is 0. The summed E-state index contributed by atoms with van der Waals surface area (Å²) < 4.78 is 0. The molecule has 0 atom stereocenters. The first kappa shape index (κ1) is 20.8. The minimum absolute atomic E-state index is 0.136. The molecule has 1 spiro atoms. The van der Waals surface area contributed by atoms with Crippen LogP contribution in [0.25, 0.3) is 0 Å². The summed E-state index contributed by atoms with van der Waals surface area (Å²) in [5.74, 6) is 2.44. The fourth-order valence-corrected chi connectivity index (χ4v) is 5.64. The average molecular weight is 399 g/mol. The third-order valence-electron chi connectivity index (χ3n) is 7.60. The van der Waals surface area contributed by atoms with Crippen molar-refractivity contribution >= 4 is 5.91 Å². The molecule has 1 amide bonds. The van der Waals surface area contributed by atoms with E-state index in [1.54, 1.807) is 0 Å². The molecule has 2 saturated heterocycles. The number of carbonyl (C=O) groups excluding carboxylic acids is 1. The van der Waals surface area contributed by atoms with Crippen LogP contribution in [0, 0.1) is 11.3 Å². The van der Waals surface area contributed by atoms with Gasteiger partial charge in [-0.05, 0) is 63.1 Å². The smallest absolute Gasteiger partial charge is 0.225 e. The van der Waals surface area contributed by atoms with Crippen LogP contribution in [-0.2, 0) is 4.79 Å². The molecule has 1 aliphatic carbocycles. The predicted octanol–water partition coefficient (Wildman–Crippen LogP) is 4.21. The van der Waals surface area contributed by atoms with Crippen molar-refractivity contribution in [2.45, 2.75) is 84.1 Å². The Hall–Kier alpha value is -1.49. The van der Waals surface area contributed by atoms with Crippen LogP contribution >= 0.6 is 0 Å². The van der Waals surface area contributed by atoms with Crippen molar-refractivity contribution in [3.8, 4) is 0 Å². The molecule has 3 fully saturated rings. The first-order chi connectivity index (χ1) is 13.9. The van der Waals surface area contributed by atoms with E-state index >= 15 is 0 Å². The Bertz CT molecular complexity index is 690. The second kappa shape index (κ2) is 8.33. The van der Waals surface area contributed by atoms with Crippen molar-refractivity contribution in [2.75, 3.05) is 26.2 Å². The van der Waals surface area contributed by atoms with Crippen LogP contribution in [0.2, 0.25) is 0 Å². The van der Waals surface area contributed by atoms with Gasteiger partial charge >= 0.3 is 0 Å². The van der Waals surface area contributed by atoms with E-state index in [-0.39, 0.29) is 5.92 Å². The normalized spacial score (nSPS) is 23.7. The maximum Gasteiger partial charge on any atom is 0.225 e. The first-order valence-corrected chi connectivity index (χ1v) is 11.7. The van der Waals surface area contributed by atoms with Gasteiger partial charge in [0.25, 0.3) is 0 Å². The van der Waals surface area contributed by atoms with Gasteiger partial charge in [0, 0.05) is 48.8 Å². The molecule has 0 unspecified atom stereocenters. The molecule has 3 aliphatic rings. The summed E-state index contributed by atoms with van der Waals surface area (Å²) in [6.45, 7) is 12.7. The highest BCUT2D eigenvalue weighted by Gasteiger charge is 2.47. The number of likely N-dealkylation sites (tertiary alicyclic amines) is 2. The molecule has 4 rings (SSSR count). The Kier molecular flexibility index (Phi) is 5.97. The third kappa shape index (κ3) is 4.35. The first-order valence-electron chi connectivity index (χ1n) is 11.7. The van der Waals surface area contributed by atoms with Gasteiger partial charge in [0.05, 0.1) is 0 Å². The van der Waals surface area contributed by atoms with Gasteiger partial charge < -0.3 is 9.80 Å². The van der Waals surface area contributed by atoms with Gasteiger partial charge in [-0.15, -0.1) is 0 Å². The highest BCUT2D eigenvalue weighted by molar-refractivity contribution is 5.79. The van der Waals surface area contributed by atoms with Crippen LogP contribution in [0.5, 0.6) is 0 Å². The maximum absolute atomic E-state index is 12.2. The minimum Gasteiger partial charge on any atom is -0.341 e. The van der Waals surface area contributed by atoms with Gasteiger partial charge in [-0.1, -0.05) is 27.7 Å². The number of piperidine rings is 1. The van der Waals surface area contributed by atoms with Crippen molar-refractivity contribution in [3.05, 3.63) is 23.8 Å². The van der Waals surface area contributed by atoms with Crippen LogP contribution in [0.3, 0.4) is 0 Å². The van der Waals surface area contributed by atoms with Crippen LogP contribution in [0.4, 0.5) is 0 Å². The Morgan fingerprint density at radius 3 is 2.10 bits per heavy atom. The summed E-state index contributed by atoms with van der Waals surface area (Å²) >= 11 is 0. The molecule has 2 aliphatic heterocycles. The van der Waals surface area contributed by atoms with Crippen LogP contribution < -0.4 is 0 Å². The maximum atomic E-state index is 12.2. The SMILES string of the molecule is CC(C)C(=O)N1CC2(CCC(N3CCC(c4cnc(C(C)C)nc4)CC3)CC2)C1. The lowest BCUT2D eigenvalue weighted by Gasteiger charge is -2.55. The summed E-state index contributed by atoms with van der Waals surface area (Å²) in [4.78, 5) is 26.1. The number of nitrogens with zero attached hydrogens (tertiary/aromatic N) is 4. The Balaban J connectivity index is 1.23. The van der Waals surface area contributed by atoms with Crippen molar-refractivity contribution in [1.29, 1.82) is 0 Å². The molecule has 1 aromatic heterocycles. The van der Waals surface area contributed by atoms with E-state index < -0.39 is 0 Å². The third-order valence-corrected chi connectivity index (χ3v) is 7.60. The van der Waals surface area contributed by atoms with Crippen LogP contribution in [0.1, 0.15) is 89.4 Å². The van der Waals surface area contributed by atoms with Crippen molar-refractivity contribution in [2.24, 2.45) is 11.3 Å². The molecular formula is C24H38N4O. The van der Waals surface area contributed by atoms with Crippen LogP contribution in [-0.4, -0.2) is 57.9 Å². The fourth-order valence-electron chi connectivity index (χ4n) is 5.64. The highest BCUT2D eigenvalue weighted by atomic mass is 16.2. The Morgan fingerprint density at radius 2 is 1.59 bits per heavy atom. The van der Waals surface area contributed by atoms with Crippen molar-refractivity contribution in [1.82, 2.24) is 19.8 Å². The number of hydrogen-bond acceptors (Lipinski definition) is 4. The molecule has 0 radical (unpaired) electrons. The second-order valence-corrected chi connectivity index (χ2v) is 10.4. The Labute approximate surface area is 176 Å². The molecule has 5 nitrogen and oxygen atoms in total. The van der Waals surface area contributed by atoms with Gasteiger partial charge in [-0.2, -0.15) is 0 Å². The quantitative estimate of drug-likeness (QED) is 0.762. The summed E-state index contributed by atoms with van der Waals surface area (Å²) in [6.07, 6.45) is 11.8. The molecule has 5 heteroatoms. The number of hydrogen-bond donors (Lipinski definition) is 0. The highest BCUT2D eigenvalue weighted by Crippen LogP contribution is 2.45. The fraction of sp³-hybridized carbons (Fsp3) is 0.792. The van der Waals surface area contributed by atoms with Gasteiger partial charge in [-0.3, -0.25) is 4.79 Å². The average Bonchev–Trinajstić information content (AvgIpc) is 2.72. The van der Waals surface area contributed by atoms with E-state index in [2.05, 4.69) is 46.0 Å². The second-order valence-electron chi connectivity index (χ2n) is 10.4. The molecule has 29 heavy (non-hydrogen) atoms. The van der Waals surface area contributed by atoms with E-state index in [9.17, 15) is 4.79 Å². The largest absolute Gasteiger partial charge is 0.341 e. The molecule has 160 valence electrons. The predicted molar refractivity (Wildman–Crippen MR) is 116 cm³/mol. The van der Waals surface area contributed by atoms with Gasteiger partial charge in [-0.25, -0.2) is 9.97 Å². The van der Waals surface area contributed by atoms with E-state index in [0.29, 0.717) is 23.2 Å². The van der Waals surface area contributed by atoms with E-state index in [1.165, 1.54) is 57.2 Å². The zero-order valence-electron chi connectivity index (χ0n) is 18.7. The molecule has 3 heterocycles. The summed E-state index contributed by atoms with van der Waals surface area (Å²) in [6, 6.07) is 0.746. The van der Waals surface area contributed by atoms with Gasteiger partial charge in [0.1, 0.15) is 5.82 Å². The number of rotatable bonds is 4. The topological polar surface area (TPSA) is 49.3 Å². The number of aromatic nitrogens is 2. The zero-order valence-corrected chi connectivity index (χ0v) is 18.7. The van der Waals surface area contributed by atoms with Crippen molar-refractivity contribution < 1.29 is 4.79 Å². The van der Waals surface area contributed by atoms with Gasteiger partial charge in [0.2, 0.25) is 5.91 Å². The molecule has 0 bridgehead atoms. The monoisotopic (exact) mass is 398 g/mol.